The Morgan fingerprint density at radius 3 is 2.51 bits per heavy atom. The molecule has 202 valence electrons. The molecule has 0 atom stereocenters. The number of hydrogen-bond donors (Lipinski definition) is 1. The van der Waals surface area contributed by atoms with Crippen molar-refractivity contribution in [3.8, 4) is 23.0 Å². The molecule has 0 radical (unpaired) electrons. The van der Waals surface area contributed by atoms with E-state index >= 15 is 0 Å². The Morgan fingerprint density at radius 2 is 1.79 bits per heavy atom. The first-order valence-corrected chi connectivity index (χ1v) is 13.4. The van der Waals surface area contributed by atoms with E-state index in [9.17, 15) is 9.59 Å². The number of ether oxygens (including phenoxy) is 4. The number of Topliss-reactive ketones (excluding diaryl/α,β-unsaturated/α-hetero) is 1. The van der Waals surface area contributed by atoms with Crippen LogP contribution in [0.4, 0.5) is 5.69 Å². The highest BCUT2D eigenvalue weighted by atomic mass is 79.9. The van der Waals surface area contributed by atoms with Crippen molar-refractivity contribution in [2.75, 3.05) is 32.8 Å². The molecule has 39 heavy (non-hydrogen) atoms. The summed E-state index contributed by atoms with van der Waals surface area (Å²) in [6.45, 7) is 4.61. The molecule has 0 unspecified atom stereocenters. The number of likely N-dealkylation sites (N-methyl/N-ethyl adjacent to an activating group) is 1. The van der Waals surface area contributed by atoms with Crippen LogP contribution < -0.4 is 24.3 Å². The van der Waals surface area contributed by atoms with Crippen LogP contribution >= 0.6 is 15.9 Å². The number of methoxy groups -OCH3 is 1. The van der Waals surface area contributed by atoms with Crippen molar-refractivity contribution in [3.63, 3.8) is 0 Å². The first-order valence-electron chi connectivity index (χ1n) is 12.6. The summed E-state index contributed by atoms with van der Waals surface area (Å²) in [6, 6.07) is 13.9. The van der Waals surface area contributed by atoms with Crippen LogP contribution in [0.25, 0.3) is 6.08 Å². The van der Waals surface area contributed by atoms with Crippen molar-refractivity contribution < 1.29 is 28.5 Å². The van der Waals surface area contributed by atoms with Crippen LogP contribution in [0.5, 0.6) is 23.0 Å². The Hall–Kier alpha value is -3.98. The molecule has 0 fully saturated rings. The maximum absolute atomic E-state index is 13.8. The molecule has 0 bridgehead atoms. The number of hydrogen-bond acceptors (Lipinski definition) is 7. The minimum absolute atomic E-state index is 0.0480. The van der Waals surface area contributed by atoms with Gasteiger partial charge in [-0.1, -0.05) is 12.1 Å². The third-order valence-electron chi connectivity index (χ3n) is 6.55. The third-order valence-corrected chi connectivity index (χ3v) is 7.39. The summed E-state index contributed by atoms with van der Waals surface area (Å²) in [7, 11) is 3.46. The SMILES string of the molecule is COc1c2c(c(Br)c3c1OCO3)CCN(C)C(C(=O)c1cccc(NC(=O)c3ccc(OC(C)C)cc3)c1)=C2. The second kappa shape index (κ2) is 11.0. The van der Waals surface area contributed by atoms with Gasteiger partial charge in [-0.3, -0.25) is 9.59 Å². The van der Waals surface area contributed by atoms with Gasteiger partial charge in [-0.05, 0) is 84.2 Å². The van der Waals surface area contributed by atoms with Gasteiger partial charge < -0.3 is 29.2 Å². The number of fused-ring (bicyclic) bond motifs is 2. The van der Waals surface area contributed by atoms with Gasteiger partial charge in [-0.15, -0.1) is 0 Å². The van der Waals surface area contributed by atoms with Gasteiger partial charge in [0.25, 0.3) is 5.91 Å². The van der Waals surface area contributed by atoms with Crippen LogP contribution in [0.3, 0.4) is 0 Å². The number of carbonyl (C=O) groups excluding carboxylic acids is 2. The van der Waals surface area contributed by atoms with Gasteiger partial charge in [0.1, 0.15) is 5.75 Å². The number of benzene rings is 3. The lowest BCUT2D eigenvalue weighted by molar-refractivity contribution is 0.0997. The summed E-state index contributed by atoms with van der Waals surface area (Å²) in [4.78, 5) is 28.6. The zero-order valence-electron chi connectivity index (χ0n) is 22.2. The summed E-state index contributed by atoms with van der Waals surface area (Å²) < 4.78 is 23.5. The van der Waals surface area contributed by atoms with Crippen LogP contribution in [0.2, 0.25) is 0 Å². The molecule has 2 aliphatic heterocycles. The Balaban J connectivity index is 1.42. The molecule has 0 aliphatic carbocycles. The van der Waals surface area contributed by atoms with Crippen LogP contribution in [0, 0.1) is 0 Å². The van der Waals surface area contributed by atoms with E-state index < -0.39 is 0 Å². The van der Waals surface area contributed by atoms with Gasteiger partial charge in [0.15, 0.2) is 11.5 Å². The Labute approximate surface area is 235 Å². The number of anilines is 1. The average molecular weight is 593 g/mol. The fourth-order valence-corrected chi connectivity index (χ4v) is 5.36. The molecule has 5 rings (SSSR count). The highest BCUT2D eigenvalue weighted by Crippen LogP contribution is 2.51. The number of rotatable bonds is 7. The first-order chi connectivity index (χ1) is 18.8. The molecule has 2 heterocycles. The van der Waals surface area contributed by atoms with E-state index in [1.165, 1.54) is 0 Å². The number of halogens is 1. The number of ketones is 1. The lowest BCUT2D eigenvalue weighted by atomic mass is 10.0. The van der Waals surface area contributed by atoms with E-state index in [1.807, 2.05) is 31.9 Å². The van der Waals surface area contributed by atoms with Crippen molar-refractivity contribution in [2.24, 2.45) is 0 Å². The Kier molecular flexibility index (Phi) is 7.52. The van der Waals surface area contributed by atoms with Gasteiger partial charge in [0, 0.05) is 36.0 Å². The number of nitrogens with one attached hydrogen (secondary N) is 1. The maximum atomic E-state index is 13.8. The molecule has 0 aromatic heterocycles. The molecular formula is C30H29BrN2O6. The molecule has 2 aliphatic rings. The van der Waals surface area contributed by atoms with Crippen molar-refractivity contribution >= 4 is 39.4 Å². The van der Waals surface area contributed by atoms with Crippen molar-refractivity contribution in [1.82, 2.24) is 4.90 Å². The lowest BCUT2D eigenvalue weighted by Crippen LogP contribution is -2.24. The van der Waals surface area contributed by atoms with Crippen molar-refractivity contribution in [3.05, 3.63) is 81.0 Å². The minimum Gasteiger partial charge on any atom is -0.492 e. The first kappa shape index (κ1) is 26.6. The molecule has 9 heteroatoms. The predicted molar refractivity (Wildman–Crippen MR) is 152 cm³/mol. The van der Waals surface area contributed by atoms with Gasteiger partial charge >= 0.3 is 0 Å². The molecule has 0 saturated heterocycles. The van der Waals surface area contributed by atoms with Gasteiger partial charge in [-0.2, -0.15) is 0 Å². The molecule has 8 nitrogen and oxygen atoms in total. The molecular weight excluding hydrogens is 564 g/mol. The highest BCUT2D eigenvalue weighted by molar-refractivity contribution is 9.10. The number of carbonyl (C=O) groups is 2. The molecule has 0 saturated carbocycles. The van der Waals surface area contributed by atoms with Gasteiger partial charge in [0.05, 0.1) is 23.4 Å². The quantitative estimate of drug-likeness (QED) is 0.340. The topological polar surface area (TPSA) is 86.3 Å². The normalized spacial score (nSPS) is 13.9. The summed E-state index contributed by atoms with van der Waals surface area (Å²) in [5.74, 6) is 1.91. The molecule has 3 aromatic carbocycles. The van der Waals surface area contributed by atoms with Gasteiger partial charge in [0.2, 0.25) is 18.3 Å². The van der Waals surface area contributed by atoms with E-state index in [-0.39, 0.29) is 24.6 Å². The fraction of sp³-hybridized carbons (Fsp3) is 0.267. The molecule has 3 aromatic rings. The predicted octanol–water partition coefficient (Wildman–Crippen LogP) is 5.94. The second-order valence-electron chi connectivity index (χ2n) is 9.56. The lowest BCUT2D eigenvalue weighted by Gasteiger charge is -2.20. The van der Waals surface area contributed by atoms with Crippen LogP contribution in [0.1, 0.15) is 45.7 Å². The van der Waals surface area contributed by atoms with Crippen LogP contribution in [-0.2, 0) is 6.42 Å². The zero-order chi connectivity index (χ0) is 27.7. The molecule has 1 N–H and O–H groups in total. The summed E-state index contributed by atoms with van der Waals surface area (Å²) in [5, 5.41) is 2.89. The Morgan fingerprint density at radius 1 is 1.05 bits per heavy atom. The van der Waals surface area contributed by atoms with E-state index in [1.54, 1.807) is 55.6 Å². The third kappa shape index (κ3) is 5.31. The number of allylic oxidation sites excluding steroid dienone is 1. The highest BCUT2D eigenvalue weighted by Gasteiger charge is 2.31. The minimum atomic E-state index is -0.277. The summed E-state index contributed by atoms with van der Waals surface area (Å²) in [5.41, 5.74) is 3.72. The second-order valence-corrected chi connectivity index (χ2v) is 10.4. The number of nitrogens with zero attached hydrogens (tertiary/aromatic N) is 1. The largest absolute Gasteiger partial charge is 0.492 e. The standard InChI is InChI=1S/C30H29BrN2O6/c1-17(2)39-21-10-8-18(9-11-21)30(35)32-20-7-5-6-19(14-20)26(34)24-15-23-22(12-13-33(24)3)25(31)28-29(27(23)36-4)38-16-37-28/h5-11,14-15,17H,12-13,16H2,1-4H3,(H,32,35). The fourth-order valence-electron chi connectivity index (χ4n) is 4.66. The van der Waals surface area contributed by atoms with E-state index in [0.29, 0.717) is 58.5 Å². The van der Waals surface area contributed by atoms with E-state index in [0.717, 1.165) is 15.6 Å². The number of amides is 1. The molecule has 0 spiro atoms. The van der Waals surface area contributed by atoms with E-state index in [2.05, 4.69) is 21.2 Å². The van der Waals surface area contributed by atoms with Crippen LogP contribution in [-0.4, -0.2) is 50.2 Å². The van der Waals surface area contributed by atoms with Crippen molar-refractivity contribution in [2.45, 2.75) is 26.4 Å². The molecule has 1 amide bonds. The van der Waals surface area contributed by atoms with E-state index in [4.69, 9.17) is 18.9 Å². The van der Waals surface area contributed by atoms with Gasteiger partial charge in [-0.25, -0.2) is 0 Å². The summed E-state index contributed by atoms with van der Waals surface area (Å²) in [6.07, 6.45) is 2.55. The summed E-state index contributed by atoms with van der Waals surface area (Å²) >= 11 is 3.66. The Bertz CT molecular complexity index is 1470. The van der Waals surface area contributed by atoms with Crippen LogP contribution in [0.15, 0.2) is 58.7 Å². The monoisotopic (exact) mass is 592 g/mol. The smallest absolute Gasteiger partial charge is 0.255 e. The average Bonchev–Trinajstić information content (AvgIpc) is 3.34. The van der Waals surface area contributed by atoms with Crippen molar-refractivity contribution in [1.29, 1.82) is 0 Å². The maximum Gasteiger partial charge on any atom is 0.255 e. The zero-order valence-corrected chi connectivity index (χ0v) is 23.8.